The highest BCUT2D eigenvalue weighted by Crippen LogP contribution is 2.16. The van der Waals surface area contributed by atoms with E-state index in [1.54, 1.807) is 15.4 Å². The number of nitrogens with zero attached hydrogens (tertiary/aromatic N) is 4. The minimum atomic E-state index is -0.0472. The molecule has 5 nitrogen and oxygen atoms in total. The van der Waals surface area contributed by atoms with Crippen LogP contribution in [-0.2, 0) is 13.0 Å². The van der Waals surface area contributed by atoms with E-state index in [2.05, 4.69) is 5.10 Å². The number of rotatable bonds is 4. The number of hydrogen-bond donors (Lipinski definition) is 0. The lowest BCUT2D eigenvalue weighted by Crippen LogP contribution is -2.25. The van der Waals surface area contributed by atoms with Crippen LogP contribution in [0.2, 0.25) is 0 Å². The summed E-state index contributed by atoms with van der Waals surface area (Å²) in [4.78, 5) is 17.9. The van der Waals surface area contributed by atoms with Crippen molar-refractivity contribution < 1.29 is 0 Å². The van der Waals surface area contributed by atoms with Gasteiger partial charge in [0.1, 0.15) is 11.2 Å². The van der Waals surface area contributed by atoms with E-state index in [4.69, 9.17) is 4.98 Å². The zero-order valence-electron chi connectivity index (χ0n) is 14.9. The summed E-state index contributed by atoms with van der Waals surface area (Å²) in [6.45, 7) is 4.57. The topological polar surface area (TPSA) is 52.7 Å². The Kier molecular flexibility index (Phi) is 4.13. The van der Waals surface area contributed by atoms with Crippen LogP contribution in [0, 0.1) is 6.92 Å². The molecule has 0 saturated heterocycles. The second-order valence-corrected chi connectivity index (χ2v) is 6.39. The quantitative estimate of drug-likeness (QED) is 0.569. The van der Waals surface area contributed by atoms with E-state index in [0.29, 0.717) is 24.0 Å². The highest BCUT2D eigenvalue weighted by molar-refractivity contribution is 5.75. The summed E-state index contributed by atoms with van der Waals surface area (Å²) in [5.41, 5.74) is 3.73. The molecule has 0 aliphatic heterocycles. The molecule has 2 aromatic carbocycles. The average Bonchev–Trinajstić information content (AvgIpc) is 3.09. The summed E-state index contributed by atoms with van der Waals surface area (Å²) in [6.07, 6.45) is 2.29. The third-order valence-electron chi connectivity index (χ3n) is 4.54. The van der Waals surface area contributed by atoms with Crippen molar-refractivity contribution in [2.24, 2.45) is 0 Å². The molecule has 0 N–H and O–H groups in total. The lowest BCUT2D eigenvalue weighted by molar-refractivity contribution is 0.683. The predicted molar refractivity (Wildman–Crippen MR) is 103 cm³/mol. The Morgan fingerprint density at radius 2 is 1.73 bits per heavy atom. The monoisotopic (exact) mass is 344 g/mol. The van der Waals surface area contributed by atoms with Crippen molar-refractivity contribution in [2.75, 3.05) is 0 Å². The van der Waals surface area contributed by atoms with Crippen LogP contribution >= 0.6 is 0 Å². The number of fused-ring (bicyclic) bond motifs is 1. The summed E-state index contributed by atoms with van der Waals surface area (Å²) in [6, 6.07) is 18.0. The molecule has 0 unspecified atom stereocenters. The molecule has 0 saturated carbocycles. The first kappa shape index (κ1) is 16.3. The summed E-state index contributed by atoms with van der Waals surface area (Å²) >= 11 is 0. The number of benzene rings is 2. The van der Waals surface area contributed by atoms with E-state index in [-0.39, 0.29) is 5.56 Å². The van der Waals surface area contributed by atoms with Crippen molar-refractivity contribution in [2.45, 2.75) is 26.8 Å². The fourth-order valence-electron chi connectivity index (χ4n) is 3.12. The van der Waals surface area contributed by atoms with Gasteiger partial charge in [-0.1, -0.05) is 55.0 Å². The Bertz CT molecular complexity index is 1110. The molecular weight excluding hydrogens is 324 g/mol. The van der Waals surface area contributed by atoms with Gasteiger partial charge in [-0.05, 0) is 24.6 Å². The second-order valence-electron chi connectivity index (χ2n) is 6.39. The molecule has 2 aromatic heterocycles. The molecule has 2 heterocycles. The first-order chi connectivity index (χ1) is 12.7. The van der Waals surface area contributed by atoms with E-state index in [9.17, 15) is 4.79 Å². The molecule has 26 heavy (non-hydrogen) atoms. The summed E-state index contributed by atoms with van der Waals surface area (Å²) in [5.74, 6) is 0.764. The molecule has 4 rings (SSSR count). The zero-order chi connectivity index (χ0) is 18.1. The Labute approximate surface area is 151 Å². The Hall–Kier alpha value is -3.21. The number of aryl methyl sites for hydroxylation is 2. The van der Waals surface area contributed by atoms with Crippen LogP contribution in [0.25, 0.3) is 16.7 Å². The predicted octanol–water partition coefficient (Wildman–Crippen LogP) is 3.50. The molecule has 0 bridgehead atoms. The van der Waals surface area contributed by atoms with Crippen molar-refractivity contribution in [3.05, 3.63) is 88.1 Å². The van der Waals surface area contributed by atoms with Gasteiger partial charge in [0.05, 0.1) is 18.4 Å². The Balaban J connectivity index is 1.87. The van der Waals surface area contributed by atoms with Gasteiger partial charge in [0, 0.05) is 6.42 Å². The molecule has 0 aliphatic carbocycles. The van der Waals surface area contributed by atoms with E-state index < -0.39 is 0 Å². The SMILES string of the molecule is CCc1nc2c(cnn2-c2ccc(C)cc2)c(=O)n1Cc1ccccc1. The van der Waals surface area contributed by atoms with Gasteiger partial charge in [-0.3, -0.25) is 9.36 Å². The molecule has 4 aromatic rings. The zero-order valence-corrected chi connectivity index (χ0v) is 14.9. The highest BCUT2D eigenvalue weighted by Gasteiger charge is 2.15. The molecule has 0 atom stereocenters. The molecule has 0 aliphatic rings. The second kappa shape index (κ2) is 6.59. The van der Waals surface area contributed by atoms with Gasteiger partial charge in [0.25, 0.3) is 5.56 Å². The van der Waals surface area contributed by atoms with Crippen LogP contribution in [0.15, 0.2) is 65.6 Å². The van der Waals surface area contributed by atoms with Crippen LogP contribution in [0.5, 0.6) is 0 Å². The molecule has 0 amide bonds. The minimum absolute atomic E-state index is 0.0472. The van der Waals surface area contributed by atoms with Gasteiger partial charge < -0.3 is 0 Å². The third kappa shape index (κ3) is 2.81. The van der Waals surface area contributed by atoms with Gasteiger partial charge in [0.2, 0.25) is 0 Å². The Morgan fingerprint density at radius 1 is 1.00 bits per heavy atom. The fourth-order valence-corrected chi connectivity index (χ4v) is 3.12. The van der Waals surface area contributed by atoms with Gasteiger partial charge in [0.15, 0.2) is 5.65 Å². The van der Waals surface area contributed by atoms with Gasteiger partial charge in [-0.2, -0.15) is 5.10 Å². The molecule has 0 spiro atoms. The standard InChI is InChI=1S/C21H20N4O/c1-3-19-23-20-18(13-22-25(20)17-11-9-15(2)10-12-17)21(26)24(19)14-16-7-5-4-6-8-16/h4-13H,3,14H2,1-2H3. The summed E-state index contributed by atoms with van der Waals surface area (Å²) in [5, 5.41) is 4.96. The lowest BCUT2D eigenvalue weighted by atomic mass is 10.2. The molecular formula is C21H20N4O. The van der Waals surface area contributed by atoms with Crippen molar-refractivity contribution in [1.29, 1.82) is 0 Å². The van der Waals surface area contributed by atoms with Crippen molar-refractivity contribution in [3.8, 4) is 5.69 Å². The first-order valence-corrected chi connectivity index (χ1v) is 8.76. The van der Waals surface area contributed by atoms with Crippen LogP contribution < -0.4 is 5.56 Å². The van der Waals surface area contributed by atoms with Crippen LogP contribution in [-0.4, -0.2) is 19.3 Å². The molecule has 0 radical (unpaired) electrons. The van der Waals surface area contributed by atoms with Crippen LogP contribution in [0.3, 0.4) is 0 Å². The number of aromatic nitrogens is 4. The van der Waals surface area contributed by atoms with Gasteiger partial charge in [-0.15, -0.1) is 0 Å². The van der Waals surface area contributed by atoms with E-state index >= 15 is 0 Å². The van der Waals surface area contributed by atoms with Crippen LogP contribution in [0.4, 0.5) is 0 Å². The minimum Gasteiger partial charge on any atom is -0.291 e. The van der Waals surface area contributed by atoms with Crippen LogP contribution in [0.1, 0.15) is 23.9 Å². The van der Waals surface area contributed by atoms with E-state index in [0.717, 1.165) is 17.1 Å². The number of hydrogen-bond acceptors (Lipinski definition) is 3. The van der Waals surface area contributed by atoms with Crippen molar-refractivity contribution in [3.63, 3.8) is 0 Å². The molecule has 0 fully saturated rings. The molecule has 5 heteroatoms. The van der Waals surface area contributed by atoms with Crippen molar-refractivity contribution >= 4 is 11.0 Å². The maximum atomic E-state index is 13.1. The van der Waals surface area contributed by atoms with Gasteiger partial charge >= 0.3 is 0 Å². The lowest BCUT2D eigenvalue weighted by Gasteiger charge is -2.12. The van der Waals surface area contributed by atoms with Crippen molar-refractivity contribution in [1.82, 2.24) is 19.3 Å². The highest BCUT2D eigenvalue weighted by atomic mass is 16.1. The largest absolute Gasteiger partial charge is 0.291 e. The smallest absolute Gasteiger partial charge is 0.264 e. The summed E-state index contributed by atoms with van der Waals surface area (Å²) < 4.78 is 3.49. The molecule has 130 valence electrons. The normalized spacial score (nSPS) is 11.2. The van der Waals surface area contributed by atoms with E-state index in [1.807, 2.05) is 68.4 Å². The summed E-state index contributed by atoms with van der Waals surface area (Å²) in [7, 11) is 0. The fraction of sp³-hybridized carbons (Fsp3) is 0.190. The third-order valence-corrected chi connectivity index (χ3v) is 4.54. The maximum Gasteiger partial charge on any atom is 0.264 e. The first-order valence-electron chi connectivity index (χ1n) is 8.76. The van der Waals surface area contributed by atoms with Gasteiger partial charge in [-0.25, -0.2) is 9.67 Å². The Morgan fingerprint density at radius 3 is 2.42 bits per heavy atom. The maximum absolute atomic E-state index is 13.1. The average molecular weight is 344 g/mol. The van der Waals surface area contributed by atoms with E-state index in [1.165, 1.54) is 5.56 Å².